The number of ether oxygens (including phenoxy) is 1. The molecule has 3 aromatic carbocycles. The first-order valence-corrected chi connectivity index (χ1v) is 16.7. The molecule has 1 aliphatic carbocycles. The highest BCUT2D eigenvalue weighted by molar-refractivity contribution is 8.00. The van der Waals surface area contributed by atoms with Crippen molar-refractivity contribution in [2.45, 2.75) is 94.9 Å². The molecule has 236 valence electrons. The molecule has 0 saturated heterocycles. The van der Waals surface area contributed by atoms with E-state index < -0.39 is 0 Å². The zero-order valence-electron chi connectivity index (χ0n) is 27.1. The summed E-state index contributed by atoms with van der Waals surface area (Å²) in [4.78, 5) is 26.2. The number of hydrogen-bond acceptors (Lipinski definition) is 7. The minimum absolute atomic E-state index is 0.0151. The second-order valence-electron chi connectivity index (χ2n) is 12.9. The highest BCUT2D eigenvalue weighted by Crippen LogP contribution is 2.39. The van der Waals surface area contributed by atoms with E-state index in [0.717, 1.165) is 29.8 Å². The van der Waals surface area contributed by atoms with E-state index in [-0.39, 0.29) is 27.8 Å². The number of aromatic nitrogens is 4. The molecule has 1 aromatic heterocycles. The van der Waals surface area contributed by atoms with Crippen molar-refractivity contribution >= 4 is 29.1 Å². The number of benzene rings is 3. The Bertz CT molecular complexity index is 1660. The Morgan fingerprint density at radius 2 is 1.76 bits per heavy atom. The van der Waals surface area contributed by atoms with Gasteiger partial charge < -0.3 is 10.1 Å². The molecule has 9 heteroatoms. The van der Waals surface area contributed by atoms with Gasteiger partial charge in [0, 0.05) is 23.2 Å². The predicted molar refractivity (Wildman–Crippen MR) is 180 cm³/mol. The van der Waals surface area contributed by atoms with Crippen molar-refractivity contribution in [2.24, 2.45) is 0 Å². The molecule has 0 radical (unpaired) electrons. The first kappa shape index (κ1) is 32.4. The van der Waals surface area contributed by atoms with E-state index in [1.807, 2.05) is 42.5 Å². The fourth-order valence-corrected chi connectivity index (χ4v) is 6.45. The second-order valence-corrected chi connectivity index (χ2v) is 14.1. The van der Waals surface area contributed by atoms with Crippen LogP contribution in [0, 0.1) is 0 Å². The van der Waals surface area contributed by atoms with Crippen LogP contribution in [0.25, 0.3) is 5.69 Å². The summed E-state index contributed by atoms with van der Waals surface area (Å²) in [5.74, 6) is 0.799. The van der Waals surface area contributed by atoms with Crippen LogP contribution in [-0.2, 0) is 22.0 Å². The predicted octanol–water partition coefficient (Wildman–Crippen LogP) is 7.73. The fraction of sp³-hybridized carbons (Fsp3) is 0.417. The molecule has 0 unspecified atom stereocenters. The summed E-state index contributed by atoms with van der Waals surface area (Å²) in [7, 11) is 0. The van der Waals surface area contributed by atoms with Gasteiger partial charge in [-0.15, -0.1) is 5.10 Å². The summed E-state index contributed by atoms with van der Waals surface area (Å²) in [5, 5.41) is 15.3. The number of rotatable bonds is 13. The average Bonchev–Trinajstić information content (AvgIpc) is 3.63. The number of tetrazole rings is 1. The number of Topliss-reactive ketones (excluding diaryl/α,β-unsaturated/α-hetero) is 1. The molecule has 1 aliphatic rings. The molecule has 0 bridgehead atoms. The average molecular weight is 626 g/mol. The Labute approximate surface area is 270 Å². The molecule has 4 aromatic rings. The lowest BCUT2D eigenvalue weighted by Crippen LogP contribution is -2.21. The van der Waals surface area contributed by atoms with E-state index in [9.17, 15) is 9.59 Å². The fourth-order valence-electron chi connectivity index (χ4n) is 5.37. The molecular formula is C36H43N5O3S. The first-order chi connectivity index (χ1) is 21.5. The van der Waals surface area contributed by atoms with Gasteiger partial charge in [0.2, 0.25) is 11.1 Å². The normalized spacial score (nSPS) is 14.8. The molecule has 45 heavy (non-hydrogen) atoms. The van der Waals surface area contributed by atoms with Crippen LogP contribution < -0.4 is 10.1 Å². The number of para-hydroxylation sites is 1. The highest BCUT2D eigenvalue weighted by atomic mass is 32.2. The number of carbonyl (C=O) groups excluding carboxylic acids is 2. The molecule has 0 aliphatic heterocycles. The molecule has 1 atom stereocenters. The monoisotopic (exact) mass is 625 g/mol. The van der Waals surface area contributed by atoms with E-state index >= 15 is 0 Å². The SMILES string of the molecule is CCC(C)(C)c1ccc(OCCCC(=O)Nc2ccc3c(c2)C(=O)[C@@H](Sc2nnnn2-c2ccccc2)C3)c(C(C)(C)CC)c1. The van der Waals surface area contributed by atoms with Gasteiger partial charge in [-0.05, 0) is 88.4 Å². The maximum atomic E-state index is 13.3. The van der Waals surface area contributed by atoms with Gasteiger partial charge in [-0.3, -0.25) is 9.59 Å². The Hall–Kier alpha value is -3.98. The van der Waals surface area contributed by atoms with Gasteiger partial charge in [0.15, 0.2) is 5.78 Å². The number of nitrogens with one attached hydrogen (secondary N) is 1. The van der Waals surface area contributed by atoms with Crippen LogP contribution in [0.15, 0.2) is 71.9 Å². The van der Waals surface area contributed by atoms with Gasteiger partial charge in [-0.25, -0.2) is 0 Å². The summed E-state index contributed by atoms with van der Waals surface area (Å²) < 4.78 is 7.89. The Balaban J connectivity index is 1.16. The van der Waals surface area contributed by atoms with Gasteiger partial charge in [0.05, 0.1) is 17.5 Å². The van der Waals surface area contributed by atoms with Crippen molar-refractivity contribution in [3.05, 3.63) is 89.0 Å². The topological polar surface area (TPSA) is 99.0 Å². The van der Waals surface area contributed by atoms with Gasteiger partial charge in [0.25, 0.3) is 0 Å². The number of carbonyl (C=O) groups is 2. The third-order valence-corrected chi connectivity index (χ3v) is 10.2. The summed E-state index contributed by atoms with van der Waals surface area (Å²) in [6.45, 7) is 13.9. The molecule has 5 rings (SSSR count). The van der Waals surface area contributed by atoms with Crippen LogP contribution in [0.5, 0.6) is 5.75 Å². The number of nitrogens with zero attached hydrogens (tertiary/aromatic N) is 4. The van der Waals surface area contributed by atoms with Crippen molar-refractivity contribution in [2.75, 3.05) is 11.9 Å². The third-order valence-electron chi connectivity index (χ3n) is 9.11. The van der Waals surface area contributed by atoms with Crippen molar-refractivity contribution in [1.29, 1.82) is 0 Å². The summed E-state index contributed by atoms with van der Waals surface area (Å²) in [5.41, 5.74) is 5.65. The van der Waals surface area contributed by atoms with Crippen LogP contribution in [0.4, 0.5) is 5.69 Å². The second kappa shape index (κ2) is 13.6. The molecular weight excluding hydrogens is 582 g/mol. The number of thioether (sulfide) groups is 1. The first-order valence-electron chi connectivity index (χ1n) is 15.8. The van der Waals surface area contributed by atoms with Gasteiger partial charge in [-0.2, -0.15) is 4.68 Å². The lowest BCUT2D eigenvalue weighted by Gasteiger charge is -2.30. The standard InChI is InChI=1S/C36H43N5O3S/c1-7-35(3,4)25-17-19-30(29(22-25)36(5,6)8-2)44-20-12-15-32(42)37-26-18-16-24-21-31(33(43)28(24)23-26)45-34-38-39-40-41(34)27-13-10-9-11-14-27/h9-11,13-14,16-19,22-23,31H,7-8,12,15,20-21H2,1-6H3,(H,37,42)/t31-/m0/s1. The zero-order chi connectivity index (χ0) is 32.2. The molecule has 1 amide bonds. The molecule has 1 heterocycles. The van der Waals surface area contributed by atoms with Crippen LogP contribution in [-0.4, -0.2) is 43.8 Å². The van der Waals surface area contributed by atoms with Crippen LogP contribution >= 0.6 is 11.8 Å². The van der Waals surface area contributed by atoms with Gasteiger partial charge >= 0.3 is 0 Å². The zero-order valence-corrected chi connectivity index (χ0v) is 27.9. The molecule has 0 fully saturated rings. The van der Waals surface area contributed by atoms with Crippen molar-refractivity contribution in [3.8, 4) is 11.4 Å². The number of anilines is 1. The lowest BCUT2D eigenvalue weighted by molar-refractivity contribution is -0.116. The van der Waals surface area contributed by atoms with E-state index in [0.29, 0.717) is 42.3 Å². The Morgan fingerprint density at radius 3 is 2.49 bits per heavy atom. The number of hydrogen-bond donors (Lipinski definition) is 1. The maximum absolute atomic E-state index is 13.3. The number of ketones is 1. The summed E-state index contributed by atoms with van der Waals surface area (Å²) in [6.07, 6.45) is 3.54. The Kier molecular flexibility index (Phi) is 9.77. The van der Waals surface area contributed by atoms with Gasteiger partial charge in [-0.1, -0.05) is 89.7 Å². The Morgan fingerprint density at radius 1 is 1.00 bits per heavy atom. The smallest absolute Gasteiger partial charge is 0.224 e. The summed E-state index contributed by atoms with van der Waals surface area (Å²) in [6, 6.07) is 21.7. The van der Waals surface area contributed by atoms with E-state index in [1.54, 1.807) is 10.7 Å². The molecule has 1 N–H and O–H groups in total. The molecule has 8 nitrogen and oxygen atoms in total. The number of fused-ring (bicyclic) bond motifs is 1. The van der Waals surface area contributed by atoms with Crippen LogP contribution in [0.3, 0.4) is 0 Å². The quantitative estimate of drug-likeness (QED) is 0.152. The van der Waals surface area contributed by atoms with Crippen LogP contribution in [0.1, 0.15) is 94.3 Å². The summed E-state index contributed by atoms with van der Waals surface area (Å²) >= 11 is 1.36. The maximum Gasteiger partial charge on any atom is 0.224 e. The third kappa shape index (κ3) is 7.30. The largest absolute Gasteiger partial charge is 0.493 e. The molecule has 0 spiro atoms. The van der Waals surface area contributed by atoms with Crippen molar-refractivity contribution in [3.63, 3.8) is 0 Å². The van der Waals surface area contributed by atoms with E-state index in [2.05, 4.69) is 80.6 Å². The minimum Gasteiger partial charge on any atom is -0.493 e. The van der Waals surface area contributed by atoms with E-state index in [1.165, 1.54) is 22.9 Å². The molecule has 0 saturated carbocycles. The van der Waals surface area contributed by atoms with Crippen molar-refractivity contribution < 1.29 is 14.3 Å². The van der Waals surface area contributed by atoms with E-state index in [4.69, 9.17) is 4.74 Å². The van der Waals surface area contributed by atoms with Crippen LogP contribution in [0.2, 0.25) is 0 Å². The minimum atomic E-state index is -0.332. The van der Waals surface area contributed by atoms with Crippen molar-refractivity contribution in [1.82, 2.24) is 20.2 Å². The number of amides is 1. The van der Waals surface area contributed by atoms with Gasteiger partial charge in [0.1, 0.15) is 5.75 Å². The lowest BCUT2D eigenvalue weighted by atomic mass is 9.76. The highest BCUT2D eigenvalue weighted by Gasteiger charge is 2.33.